The minimum absolute atomic E-state index is 0.0795. The Hall–Kier alpha value is -2.58. The minimum Gasteiger partial charge on any atom is -0.495 e. The van der Waals surface area contributed by atoms with E-state index in [9.17, 15) is 4.79 Å². The van der Waals surface area contributed by atoms with Gasteiger partial charge >= 0.3 is 0 Å². The highest BCUT2D eigenvalue weighted by Gasteiger charge is 2.22. The van der Waals surface area contributed by atoms with Crippen LogP contribution < -0.4 is 10.1 Å². The van der Waals surface area contributed by atoms with E-state index in [0.717, 1.165) is 16.1 Å². The molecule has 0 aliphatic heterocycles. The van der Waals surface area contributed by atoms with Gasteiger partial charge in [-0.2, -0.15) is 0 Å². The molecule has 1 atom stereocenters. The Bertz CT molecular complexity index is 1110. The van der Waals surface area contributed by atoms with E-state index >= 15 is 0 Å². The first-order chi connectivity index (χ1) is 13.2. The van der Waals surface area contributed by atoms with Crippen molar-refractivity contribution in [1.29, 1.82) is 0 Å². The number of hydrogen-bond donors (Lipinski definition) is 1. The molecule has 0 radical (unpaired) electrons. The molecule has 3 aromatic heterocycles. The summed E-state index contributed by atoms with van der Waals surface area (Å²) in [5.74, 6) is 0.559. The third kappa shape index (κ3) is 3.38. The highest BCUT2D eigenvalue weighted by Crippen LogP contribution is 2.33. The van der Waals surface area contributed by atoms with Gasteiger partial charge in [0, 0.05) is 0 Å². The van der Waals surface area contributed by atoms with Crippen molar-refractivity contribution in [2.75, 3.05) is 12.4 Å². The number of benzene rings is 1. The number of thiophene rings is 1. The molecular formula is C19H18N4O2S2. The number of carbonyl (C=O) groups is 1. The van der Waals surface area contributed by atoms with Gasteiger partial charge in [0.25, 0.3) is 0 Å². The van der Waals surface area contributed by atoms with E-state index < -0.39 is 0 Å². The zero-order valence-corrected chi connectivity index (χ0v) is 16.5. The Labute approximate surface area is 164 Å². The number of ether oxygens (including phenoxy) is 1. The van der Waals surface area contributed by atoms with Gasteiger partial charge in [-0.3, -0.25) is 9.20 Å². The molecule has 8 heteroatoms. The molecule has 27 heavy (non-hydrogen) atoms. The van der Waals surface area contributed by atoms with Crippen LogP contribution in [-0.4, -0.2) is 32.9 Å². The van der Waals surface area contributed by atoms with Gasteiger partial charge in [-0.1, -0.05) is 30.8 Å². The smallest absolute Gasteiger partial charge is 0.238 e. The SMILES string of the molecule is CCC(Sc1nncn2c1cc1sccc12)C(=O)Nc1ccccc1OC. The molecule has 0 bridgehead atoms. The number of hydrogen-bond acceptors (Lipinski definition) is 6. The fourth-order valence-electron chi connectivity index (χ4n) is 2.92. The number of carbonyl (C=O) groups excluding carboxylic acids is 1. The fourth-order valence-corrected chi connectivity index (χ4v) is 4.70. The molecule has 0 fully saturated rings. The third-order valence-corrected chi connectivity index (χ3v) is 6.48. The predicted octanol–water partition coefficient (Wildman–Crippen LogP) is 4.46. The number of nitrogens with one attached hydrogen (secondary N) is 1. The highest BCUT2D eigenvalue weighted by molar-refractivity contribution is 8.00. The summed E-state index contributed by atoms with van der Waals surface area (Å²) in [6.45, 7) is 1.99. The Balaban J connectivity index is 1.60. The summed E-state index contributed by atoms with van der Waals surface area (Å²) < 4.78 is 8.51. The molecule has 0 saturated heterocycles. The van der Waals surface area contributed by atoms with Crippen LogP contribution in [-0.2, 0) is 4.79 Å². The molecule has 1 amide bonds. The maximum atomic E-state index is 12.8. The van der Waals surface area contributed by atoms with Gasteiger partial charge in [0.1, 0.15) is 17.1 Å². The Morgan fingerprint density at radius 1 is 1.33 bits per heavy atom. The van der Waals surface area contributed by atoms with Crippen LogP contribution in [0.1, 0.15) is 13.3 Å². The molecule has 1 unspecified atom stereocenters. The molecule has 0 aliphatic carbocycles. The first kappa shape index (κ1) is 17.8. The lowest BCUT2D eigenvalue weighted by Gasteiger charge is -2.16. The second-order valence-electron chi connectivity index (χ2n) is 5.91. The van der Waals surface area contributed by atoms with E-state index in [1.165, 1.54) is 16.5 Å². The van der Waals surface area contributed by atoms with Crippen LogP contribution >= 0.6 is 23.1 Å². The standard InChI is InChI=1S/C19H18N4O2S2/c1-3-16(18(24)21-12-6-4-5-7-15(12)25-2)27-19-14-10-17-13(8-9-26-17)23(14)11-20-22-19/h4-11,16H,3H2,1-2H3,(H,21,24). The lowest BCUT2D eigenvalue weighted by atomic mass is 10.2. The molecule has 1 N–H and O–H groups in total. The summed E-state index contributed by atoms with van der Waals surface area (Å²) in [6, 6.07) is 11.6. The average molecular weight is 399 g/mol. The third-order valence-electron chi connectivity index (χ3n) is 4.28. The van der Waals surface area contributed by atoms with E-state index in [-0.39, 0.29) is 11.2 Å². The quantitative estimate of drug-likeness (QED) is 0.486. The topological polar surface area (TPSA) is 68.5 Å². The summed E-state index contributed by atoms with van der Waals surface area (Å²) in [7, 11) is 1.59. The molecule has 1 aromatic carbocycles. The van der Waals surface area contributed by atoms with Crippen LogP contribution in [0.2, 0.25) is 0 Å². The maximum absolute atomic E-state index is 12.8. The van der Waals surface area contributed by atoms with Gasteiger partial charge in [0.05, 0.1) is 33.8 Å². The van der Waals surface area contributed by atoms with E-state index in [1.54, 1.807) is 24.8 Å². The molecule has 4 aromatic rings. The summed E-state index contributed by atoms with van der Waals surface area (Å²) in [4.78, 5) is 12.8. The zero-order chi connectivity index (χ0) is 18.8. The Kier molecular flexibility index (Phi) is 5.00. The van der Waals surface area contributed by atoms with Gasteiger partial charge in [0.2, 0.25) is 5.91 Å². The van der Waals surface area contributed by atoms with Crippen LogP contribution in [0.15, 0.2) is 53.1 Å². The number of amides is 1. The molecule has 0 aliphatic rings. The van der Waals surface area contributed by atoms with Crippen molar-refractivity contribution in [2.24, 2.45) is 0 Å². The van der Waals surface area contributed by atoms with Crippen molar-refractivity contribution in [3.05, 3.63) is 48.1 Å². The van der Waals surface area contributed by atoms with Gasteiger partial charge in [-0.15, -0.1) is 21.5 Å². The molecule has 4 rings (SSSR count). The Morgan fingerprint density at radius 2 is 2.19 bits per heavy atom. The molecule has 6 nitrogen and oxygen atoms in total. The number of nitrogens with zero attached hydrogens (tertiary/aromatic N) is 3. The number of aromatic nitrogens is 3. The van der Waals surface area contributed by atoms with Crippen LogP contribution in [0.25, 0.3) is 15.7 Å². The van der Waals surface area contributed by atoms with Crippen LogP contribution in [0.5, 0.6) is 5.75 Å². The lowest BCUT2D eigenvalue weighted by Crippen LogP contribution is -2.25. The van der Waals surface area contributed by atoms with Gasteiger partial charge in [-0.25, -0.2) is 0 Å². The van der Waals surface area contributed by atoms with Gasteiger partial charge in [0.15, 0.2) is 0 Å². The molecule has 0 spiro atoms. The van der Waals surface area contributed by atoms with Crippen molar-refractivity contribution in [1.82, 2.24) is 14.6 Å². The van der Waals surface area contributed by atoms with Crippen molar-refractivity contribution in [3.63, 3.8) is 0 Å². The maximum Gasteiger partial charge on any atom is 0.238 e. The number of methoxy groups -OCH3 is 1. The normalized spacial score (nSPS) is 12.4. The number of rotatable bonds is 6. The zero-order valence-electron chi connectivity index (χ0n) is 14.9. The van der Waals surface area contributed by atoms with Crippen molar-refractivity contribution in [2.45, 2.75) is 23.6 Å². The first-order valence-corrected chi connectivity index (χ1v) is 10.3. The largest absolute Gasteiger partial charge is 0.495 e. The summed E-state index contributed by atoms with van der Waals surface area (Å²) in [5, 5.41) is 13.9. The van der Waals surface area contributed by atoms with Crippen LogP contribution in [0.4, 0.5) is 5.69 Å². The van der Waals surface area contributed by atoms with E-state index in [4.69, 9.17) is 4.74 Å². The summed E-state index contributed by atoms with van der Waals surface area (Å²) >= 11 is 3.11. The van der Waals surface area contributed by atoms with Crippen LogP contribution in [0.3, 0.4) is 0 Å². The molecule has 3 heterocycles. The summed E-state index contributed by atoms with van der Waals surface area (Å²) in [6.07, 6.45) is 2.38. The average Bonchev–Trinajstić information content (AvgIpc) is 3.28. The second kappa shape index (κ2) is 7.58. The molecule has 138 valence electrons. The van der Waals surface area contributed by atoms with E-state index in [2.05, 4.69) is 33.0 Å². The van der Waals surface area contributed by atoms with Crippen molar-refractivity contribution in [3.8, 4) is 5.75 Å². The minimum atomic E-state index is -0.289. The Morgan fingerprint density at radius 3 is 3.00 bits per heavy atom. The highest BCUT2D eigenvalue weighted by atomic mass is 32.2. The number of anilines is 1. The number of thioether (sulfide) groups is 1. The van der Waals surface area contributed by atoms with Crippen molar-refractivity contribution >= 4 is 50.4 Å². The van der Waals surface area contributed by atoms with Gasteiger partial charge < -0.3 is 10.1 Å². The number of para-hydroxylation sites is 2. The van der Waals surface area contributed by atoms with E-state index in [0.29, 0.717) is 17.9 Å². The first-order valence-electron chi connectivity index (χ1n) is 8.51. The predicted molar refractivity (Wildman–Crippen MR) is 110 cm³/mol. The lowest BCUT2D eigenvalue weighted by molar-refractivity contribution is -0.115. The summed E-state index contributed by atoms with van der Waals surface area (Å²) in [5.41, 5.74) is 2.75. The molecular weight excluding hydrogens is 380 g/mol. The van der Waals surface area contributed by atoms with Gasteiger partial charge in [-0.05, 0) is 36.1 Å². The van der Waals surface area contributed by atoms with E-state index in [1.807, 2.05) is 35.6 Å². The van der Waals surface area contributed by atoms with Crippen LogP contribution in [0, 0.1) is 0 Å². The number of fused-ring (bicyclic) bond motifs is 3. The second-order valence-corrected chi connectivity index (χ2v) is 8.05. The van der Waals surface area contributed by atoms with Crippen molar-refractivity contribution < 1.29 is 9.53 Å². The fraction of sp³-hybridized carbons (Fsp3) is 0.211. The molecule has 0 saturated carbocycles. The monoisotopic (exact) mass is 398 g/mol.